The monoisotopic (exact) mass is 387 g/mol. The molecule has 0 spiro atoms. The summed E-state index contributed by atoms with van der Waals surface area (Å²) in [5, 5.41) is 4.69. The van der Waals surface area contributed by atoms with Crippen LogP contribution in [0, 0.1) is 0 Å². The molecule has 1 aromatic heterocycles. The number of nitrogens with one attached hydrogen (secondary N) is 1. The van der Waals surface area contributed by atoms with Crippen molar-refractivity contribution in [3.63, 3.8) is 0 Å². The third-order valence-electron chi connectivity index (χ3n) is 3.86. The van der Waals surface area contributed by atoms with Crippen LogP contribution in [0.2, 0.25) is 0 Å². The summed E-state index contributed by atoms with van der Waals surface area (Å²) in [7, 11) is 0. The Balaban J connectivity index is 1.43. The quantitative estimate of drug-likeness (QED) is 0.577. The minimum absolute atomic E-state index is 0.00192. The van der Waals surface area contributed by atoms with Crippen molar-refractivity contribution >= 4 is 40.2 Å². The second-order valence-electron chi connectivity index (χ2n) is 5.90. The van der Waals surface area contributed by atoms with Gasteiger partial charge in [-0.1, -0.05) is 12.1 Å². The molecule has 1 N–H and O–H groups in total. The van der Waals surface area contributed by atoms with E-state index in [0.717, 1.165) is 4.90 Å². The highest BCUT2D eigenvalue weighted by atomic mass is 32.1. The molecule has 0 aliphatic carbocycles. The Morgan fingerprint density at radius 2 is 1.85 bits per heavy atom. The average molecular weight is 387 g/mol. The van der Waals surface area contributed by atoms with E-state index in [2.05, 4.69) is 10.3 Å². The summed E-state index contributed by atoms with van der Waals surface area (Å²) in [5.74, 6) is -1.34. The lowest BCUT2D eigenvalue weighted by Crippen LogP contribution is -2.31. The molecule has 1 aliphatic rings. The standard InChI is InChI=1S/C18H17N3O5S/c1-11(22)19-18-20-12(10-27-18)9-26-15(23)7-4-8-21-16(24)13-5-2-3-6-14(13)17(21)25/h2-3,5-6,10H,4,7-9H2,1H3,(H,19,20,22). The zero-order chi connectivity index (χ0) is 19.4. The summed E-state index contributed by atoms with van der Waals surface area (Å²) in [4.78, 5) is 52.5. The van der Waals surface area contributed by atoms with Gasteiger partial charge in [-0.3, -0.25) is 24.1 Å². The van der Waals surface area contributed by atoms with Crippen molar-refractivity contribution in [1.82, 2.24) is 9.88 Å². The smallest absolute Gasteiger partial charge is 0.306 e. The Morgan fingerprint density at radius 1 is 1.19 bits per heavy atom. The molecular formula is C18H17N3O5S. The molecular weight excluding hydrogens is 370 g/mol. The van der Waals surface area contributed by atoms with Crippen LogP contribution in [0.15, 0.2) is 29.6 Å². The number of rotatable bonds is 7. The summed E-state index contributed by atoms with van der Waals surface area (Å²) >= 11 is 1.24. The number of carbonyl (C=O) groups is 4. The van der Waals surface area contributed by atoms with Gasteiger partial charge in [0, 0.05) is 25.3 Å². The summed E-state index contributed by atoms with van der Waals surface area (Å²) in [6.45, 7) is 1.54. The Labute approximate surface area is 159 Å². The van der Waals surface area contributed by atoms with Crippen molar-refractivity contribution in [3.05, 3.63) is 46.5 Å². The third kappa shape index (κ3) is 4.37. The largest absolute Gasteiger partial charge is 0.459 e. The van der Waals surface area contributed by atoms with Crippen LogP contribution in [0.4, 0.5) is 5.13 Å². The minimum Gasteiger partial charge on any atom is -0.459 e. The van der Waals surface area contributed by atoms with Crippen molar-refractivity contribution in [1.29, 1.82) is 0 Å². The fourth-order valence-electron chi connectivity index (χ4n) is 2.63. The maximum absolute atomic E-state index is 12.2. The van der Waals surface area contributed by atoms with Crippen LogP contribution < -0.4 is 5.32 Å². The molecule has 1 aromatic carbocycles. The first-order valence-electron chi connectivity index (χ1n) is 8.28. The molecule has 0 fully saturated rings. The molecule has 0 radical (unpaired) electrons. The van der Waals surface area contributed by atoms with E-state index in [9.17, 15) is 19.2 Å². The number of thiazole rings is 1. The average Bonchev–Trinajstić information content (AvgIpc) is 3.18. The number of anilines is 1. The number of esters is 1. The van der Waals surface area contributed by atoms with Gasteiger partial charge in [0.25, 0.3) is 11.8 Å². The zero-order valence-corrected chi connectivity index (χ0v) is 15.4. The van der Waals surface area contributed by atoms with Crippen LogP contribution in [0.25, 0.3) is 0 Å². The second-order valence-corrected chi connectivity index (χ2v) is 6.76. The van der Waals surface area contributed by atoms with Crippen LogP contribution in [0.5, 0.6) is 0 Å². The highest BCUT2D eigenvalue weighted by molar-refractivity contribution is 7.13. The normalized spacial score (nSPS) is 12.9. The number of carbonyl (C=O) groups excluding carboxylic acids is 4. The predicted octanol–water partition coefficient (Wildman–Crippen LogP) is 2.22. The first-order valence-corrected chi connectivity index (χ1v) is 9.16. The van der Waals surface area contributed by atoms with Gasteiger partial charge in [-0.05, 0) is 18.6 Å². The molecule has 8 nitrogen and oxygen atoms in total. The highest BCUT2D eigenvalue weighted by Gasteiger charge is 2.34. The van der Waals surface area contributed by atoms with E-state index in [1.165, 1.54) is 18.3 Å². The van der Waals surface area contributed by atoms with E-state index in [1.54, 1.807) is 29.6 Å². The summed E-state index contributed by atoms with van der Waals surface area (Å²) in [6.07, 6.45) is 0.397. The number of benzene rings is 1. The van der Waals surface area contributed by atoms with E-state index in [0.29, 0.717) is 28.4 Å². The molecule has 140 valence electrons. The Morgan fingerprint density at radius 3 is 2.48 bits per heavy atom. The number of fused-ring (bicyclic) bond motifs is 1. The molecule has 3 rings (SSSR count). The van der Waals surface area contributed by atoms with Crippen molar-refractivity contribution in [3.8, 4) is 0 Å². The fraction of sp³-hybridized carbons (Fsp3) is 0.278. The lowest BCUT2D eigenvalue weighted by molar-refractivity contribution is -0.145. The highest BCUT2D eigenvalue weighted by Crippen LogP contribution is 2.22. The van der Waals surface area contributed by atoms with Crippen LogP contribution >= 0.6 is 11.3 Å². The van der Waals surface area contributed by atoms with Crippen molar-refractivity contribution in [2.24, 2.45) is 0 Å². The number of amides is 3. The third-order valence-corrected chi connectivity index (χ3v) is 4.66. The molecule has 0 unspecified atom stereocenters. The summed E-state index contributed by atoms with van der Waals surface area (Å²) in [5.41, 5.74) is 1.32. The van der Waals surface area contributed by atoms with Crippen LogP contribution in [-0.2, 0) is 20.9 Å². The van der Waals surface area contributed by atoms with Crippen LogP contribution in [-0.4, -0.2) is 40.1 Å². The minimum atomic E-state index is -0.444. The molecule has 3 amide bonds. The number of hydrogen-bond acceptors (Lipinski definition) is 7. The van der Waals surface area contributed by atoms with E-state index in [1.807, 2.05) is 0 Å². The number of imide groups is 1. The van der Waals surface area contributed by atoms with Crippen LogP contribution in [0.1, 0.15) is 46.2 Å². The topological polar surface area (TPSA) is 106 Å². The van der Waals surface area contributed by atoms with Gasteiger partial charge in [-0.25, -0.2) is 4.98 Å². The fourth-order valence-corrected chi connectivity index (χ4v) is 3.37. The molecule has 1 aliphatic heterocycles. The maximum Gasteiger partial charge on any atom is 0.306 e. The SMILES string of the molecule is CC(=O)Nc1nc(COC(=O)CCCN2C(=O)c3ccccc3C2=O)cs1. The molecule has 27 heavy (non-hydrogen) atoms. The lowest BCUT2D eigenvalue weighted by Gasteiger charge is -2.13. The number of ether oxygens (including phenoxy) is 1. The molecule has 9 heteroatoms. The Hall–Kier alpha value is -3.07. The van der Waals surface area contributed by atoms with Crippen molar-refractivity contribution in [2.45, 2.75) is 26.4 Å². The van der Waals surface area contributed by atoms with Crippen LogP contribution in [0.3, 0.4) is 0 Å². The maximum atomic E-state index is 12.2. The van der Waals surface area contributed by atoms with Gasteiger partial charge >= 0.3 is 5.97 Å². The van der Waals surface area contributed by atoms with Gasteiger partial charge in [0.05, 0.1) is 16.8 Å². The first-order chi connectivity index (χ1) is 13.0. The Kier molecular flexibility index (Phi) is 5.60. The van der Waals surface area contributed by atoms with E-state index in [4.69, 9.17) is 4.74 Å². The van der Waals surface area contributed by atoms with E-state index in [-0.39, 0.29) is 37.3 Å². The van der Waals surface area contributed by atoms with Gasteiger partial charge in [0.1, 0.15) is 6.61 Å². The van der Waals surface area contributed by atoms with Gasteiger partial charge in [-0.15, -0.1) is 11.3 Å². The molecule has 2 aromatic rings. The van der Waals surface area contributed by atoms with Gasteiger partial charge in [0.15, 0.2) is 5.13 Å². The van der Waals surface area contributed by atoms with E-state index < -0.39 is 5.97 Å². The molecule has 0 saturated carbocycles. The molecule has 0 saturated heterocycles. The van der Waals surface area contributed by atoms with Gasteiger partial charge in [0.2, 0.25) is 5.91 Å². The van der Waals surface area contributed by atoms with Crippen molar-refractivity contribution in [2.75, 3.05) is 11.9 Å². The molecule has 2 heterocycles. The number of aromatic nitrogens is 1. The second kappa shape index (κ2) is 8.09. The predicted molar refractivity (Wildman–Crippen MR) is 97.3 cm³/mol. The lowest BCUT2D eigenvalue weighted by atomic mass is 10.1. The van der Waals surface area contributed by atoms with Crippen molar-refractivity contribution < 1.29 is 23.9 Å². The Bertz CT molecular complexity index is 873. The number of hydrogen-bond donors (Lipinski definition) is 1. The summed E-state index contributed by atoms with van der Waals surface area (Å²) in [6, 6.07) is 6.65. The van der Waals surface area contributed by atoms with Gasteiger partial charge < -0.3 is 10.1 Å². The summed E-state index contributed by atoms with van der Waals surface area (Å²) < 4.78 is 5.13. The zero-order valence-electron chi connectivity index (χ0n) is 14.6. The molecule has 0 bridgehead atoms. The number of nitrogens with zero attached hydrogens (tertiary/aromatic N) is 2. The first kappa shape index (κ1) is 18.7. The van der Waals surface area contributed by atoms with Gasteiger partial charge in [-0.2, -0.15) is 0 Å². The molecule has 0 atom stereocenters. The van der Waals surface area contributed by atoms with E-state index >= 15 is 0 Å².